The lowest BCUT2D eigenvalue weighted by Gasteiger charge is -2.13. The average Bonchev–Trinajstić information content (AvgIpc) is 3.01. The Morgan fingerprint density at radius 2 is 2.31 bits per heavy atom. The number of esters is 1. The van der Waals surface area contributed by atoms with E-state index in [0.717, 1.165) is 6.42 Å². The molecular formula is C13H14O3. The number of hydrogen-bond donors (Lipinski definition) is 1. The maximum absolute atomic E-state index is 11.3. The topological polar surface area (TPSA) is 46.5 Å². The summed E-state index contributed by atoms with van der Waals surface area (Å²) in [6, 6.07) is 5.50. The Kier molecular flexibility index (Phi) is 1.96. The van der Waals surface area contributed by atoms with Gasteiger partial charge in [-0.2, -0.15) is 0 Å². The fraction of sp³-hybridized carbons (Fsp3) is 0.462. The fourth-order valence-electron chi connectivity index (χ4n) is 2.99. The van der Waals surface area contributed by atoms with Gasteiger partial charge in [0.05, 0.1) is 13.5 Å². The van der Waals surface area contributed by atoms with Crippen LogP contribution in [0.25, 0.3) is 0 Å². The number of carbonyl (C=O) groups excluding carboxylic acids is 1. The normalized spacial score (nSPS) is 29.4. The molecule has 3 heteroatoms. The summed E-state index contributed by atoms with van der Waals surface area (Å²) in [6.45, 7) is 0. The van der Waals surface area contributed by atoms with Crippen molar-refractivity contribution in [2.75, 3.05) is 7.11 Å². The van der Waals surface area contributed by atoms with E-state index in [0.29, 0.717) is 29.9 Å². The van der Waals surface area contributed by atoms with Gasteiger partial charge in [0, 0.05) is 0 Å². The first-order valence-electron chi connectivity index (χ1n) is 5.60. The van der Waals surface area contributed by atoms with E-state index >= 15 is 0 Å². The molecule has 1 aromatic rings. The van der Waals surface area contributed by atoms with Crippen LogP contribution in [0.2, 0.25) is 0 Å². The lowest BCUT2D eigenvalue weighted by Crippen LogP contribution is -2.08. The van der Waals surface area contributed by atoms with Gasteiger partial charge in [-0.1, -0.05) is 6.07 Å². The van der Waals surface area contributed by atoms with Gasteiger partial charge in [-0.3, -0.25) is 4.79 Å². The second-order valence-electron chi connectivity index (χ2n) is 4.71. The molecule has 3 atom stereocenters. The third-order valence-corrected chi connectivity index (χ3v) is 3.84. The molecule has 2 aliphatic rings. The SMILES string of the molecule is COC(=O)CC1c2ccc(O)cc2C2CC12. The summed E-state index contributed by atoms with van der Waals surface area (Å²) in [5, 5.41) is 9.46. The average molecular weight is 218 g/mol. The number of rotatable bonds is 2. The molecule has 3 rings (SSSR count). The predicted molar refractivity (Wildman–Crippen MR) is 58.3 cm³/mol. The van der Waals surface area contributed by atoms with Crippen LogP contribution in [0.5, 0.6) is 5.75 Å². The summed E-state index contributed by atoms with van der Waals surface area (Å²) in [5.74, 6) is 1.64. The Bertz CT molecular complexity index is 452. The van der Waals surface area contributed by atoms with Gasteiger partial charge in [-0.25, -0.2) is 0 Å². The van der Waals surface area contributed by atoms with Crippen LogP contribution in [0, 0.1) is 5.92 Å². The van der Waals surface area contributed by atoms with Crippen molar-refractivity contribution in [2.45, 2.75) is 24.7 Å². The lowest BCUT2D eigenvalue weighted by atomic mass is 9.93. The number of phenolic OH excluding ortho intramolecular Hbond substituents is 1. The Balaban J connectivity index is 1.91. The lowest BCUT2D eigenvalue weighted by molar-refractivity contribution is -0.141. The molecule has 0 radical (unpaired) electrons. The van der Waals surface area contributed by atoms with Crippen LogP contribution >= 0.6 is 0 Å². The number of hydrogen-bond acceptors (Lipinski definition) is 3. The van der Waals surface area contributed by atoms with E-state index in [1.165, 1.54) is 18.2 Å². The third-order valence-electron chi connectivity index (χ3n) is 3.84. The maximum atomic E-state index is 11.3. The van der Waals surface area contributed by atoms with Gasteiger partial charge in [0.15, 0.2) is 0 Å². The van der Waals surface area contributed by atoms with E-state index in [1.54, 1.807) is 6.07 Å². The number of phenols is 1. The van der Waals surface area contributed by atoms with Gasteiger partial charge in [0.1, 0.15) is 5.75 Å². The van der Waals surface area contributed by atoms with Crippen molar-refractivity contribution >= 4 is 5.97 Å². The summed E-state index contributed by atoms with van der Waals surface area (Å²) < 4.78 is 4.73. The third kappa shape index (κ3) is 1.31. The van der Waals surface area contributed by atoms with E-state index in [9.17, 15) is 9.90 Å². The molecule has 3 unspecified atom stereocenters. The minimum atomic E-state index is -0.142. The van der Waals surface area contributed by atoms with Gasteiger partial charge >= 0.3 is 5.97 Å². The van der Waals surface area contributed by atoms with Gasteiger partial charge in [0.2, 0.25) is 0 Å². The largest absolute Gasteiger partial charge is 0.508 e. The predicted octanol–water partition coefficient (Wildman–Crippen LogP) is 2.16. The molecular weight excluding hydrogens is 204 g/mol. The molecule has 1 N–H and O–H groups in total. The van der Waals surface area contributed by atoms with Crippen LogP contribution in [-0.4, -0.2) is 18.2 Å². The zero-order valence-corrected chi connectivity index (χ0v) is 9.14. The Morgan fingerprint density at radius 1 is 1.50 bits per heavy atom. The first kappa shape index (κ1) is 9.70. The molecule has 0 saturated heterocycles. The van der Waals surface area contributed by atoms with Gasteiger partial charge in [-0.15, -0.1) is 0 Å². The standard InChI is InChI=1S/C13H14O3/c1-16-13(15)6-12-8-3-2-7(14)4-9(8)10-5-11(10)12/h2-4,10-12,14H,5-6H2,1H3. The minimum absolute atomic E-state index is 0.142. The van der Waals surface area contributed by atoms with E-state index < -0.39 is 0 Å². The number of benzene rings is 1. The molecule has 0 aliphatic heterocycles. The van der Waals surface area contributed by atoms with E-state index in [-0.39, 0.29) is 5.97 Å². The highest BCUT2D eigenvalue weighted by molar-refractivity contribution is 5.71. The fourth-order valence-corrected chi connectivity index (χ4v) is 2.99. The van der Waals surface area contributed by atoms with Crippen LogP contribution in [-0.2, 0) is 9.53 Å². The molecule has 3 nitrogen and oxygen atoms in total. The summed E-state index contributed by atoms with van der Waals surface area (Å²) in [5.41, 5.74) is 2.46. The smallest absolute Gasteiger partial charge is 0.306 e. The van der Waals surface area contributed by atoms with Crippen molar-refractivity contribution in [1.82, 2.24) is 0 Å². The highest BCUT2D eigenvalue weighted by Crippen LogP contribution is 2.64. The molecule has 0 heterocycles. The van der Waals surface area contributed by atoms with Crippen LogP contribution in [0.3, 0.4) is 0 Å². The molecule has 0 bridgehead atoms. The zero-order chi connectivity index (χ0) is 11.3. The molecule has 84 valence electrons. The van der Waals surface area contributed by atoms with Crippen LogP contribution in [0.4, 0.5) is 0 Å². The van der Waals surface area contributed by atoms with Crippen LogP contribution in [0.1, 0.15) is 35.8 Å². The van der Waals surface area contributed by atoms with Crippen molar-refractivity contribution < 1.29 is 14.6 Å². The monoisotopic (exact) mass is 218 g/mol. The van der Waals surface area contributed by atoms with E-state index in [4.69, 9.17) is 4.74 Å². The molecule has 0 amide bonds. The molecule has 1 fully saturated rings. The Hall–Kier alpha value is -1.51. The molecule has 16 heavy (non-hydrogen) atoms. The van der Waals surface area contributed by atoms with Crippen molar-refractivity contribution in [3.05, 3.63) is 29.3 Å². The number of methoxy groups -OCH3 is 1. The second kappa shape index (κ2) is 3.24. The van der Waals surface area contributed by atoms with Gasteiger partial charge in [0.25, 0.3) is 0 Å². The number of aromatic hydroxyl groups is 1. The van der Waals surface area contributed by atoms with Crippen LogP contribution in [0.15, 0.2) is 18.2 Å². The maximum Gasteiger partial charge on any atom is 0.306 e. The quantitative estimate of drug-likeness (QED) is 0.774. The number of ether oxygens (including phenoxy) is 1. The van der Waals surface area contributed by atoms with Gasteiger partial charge < -0.3 is 9.84 Å². The molecule has 0 aromatic heterocycles. The van der Waals surface area contributed by atoms with Crippen molar-refractivity contribution in [3.8, 4) is 5.75 Å². The molecule has 0 spiro atoms. The van der Waals surface area contributed by atoms with Gasteiger partial charge in [-0.05, 0) is 47.4 Å². The first-order valence-corrected chi connectivity index (χ1v) is 5.60. The molecule has 1 saturated carbocycles. The van der Waals surface area contributed by atoms with Crippen molar-refractivity contribution in [2.24, 2.45) is 5.92 Å². The Morgan fingerprint density at radius 3 is 3.06 bits per heavy atom. The van der Waals surface area contributed by atoms with E-state index in [1.807, 2.05) is 12.1 Å². The summed E-state index contributed by atoms with van der Waals surface area (Å²) >= 11 is 0. The summed E-state index contributed by atoms with van der Waals surface area (Å²) in [6.07, 6.45) is 1.62. The van der Waals surface area contributed by atoms with Crippen molar-refractivity contribution in [3.63, 3.8) is 0 Å². The molecule has 2 aliphatic carbocycles. The molecule has 1 aromatic carbocycles. The van der Waals surface area contributed by atoms with Crippen LogP contribution < -0.4 is 0 Å². The zero-order valence-electron chi connectivity index (χ0n) is 9.14. The van der Waals surface area contributed by atoms with E-state index in [2.05, 4.69) is 0 Å². The van der Waals surface area contributed by atoms with Crippen molar-refractivity contribution in [1.29, 1.82) is 0 Å². The second-order valence-corrected chi connectivity index (χ2v) is 4.71. The summed E-state index contributed by atoms with van der Waals surface area (Å²) in [7, 11) is 1.43. The number of carbonyl (C=O) groups is 1. The Labute approximate surface area is 94.0 Å². The number of fused-ring (bicyclic) bond motifs is 3. The highest BCUT2D eigenvalue weighted by Gasteiger charge is 2.52. The first-order chi connectivity index (χ1) is 7.70. The summed E-state index contributed by atoms with van der Waals surface area (Å²) in [4.78, 5) is 11.3. The highest BCUT2D eigenvalue weighted by atomic mass is 16.5. The minimum Gasteiger partial charge on any atom is -0.508 e.